The van der Waals surface area contributed by atoms with Crippen LogP contribution in [0.3, 0.4) is 0 Å². The summed E-state index contributed by atoms with van der Waals surface area (Å²) in [5, 5.41) is 6.19. The molecule has 0 radical (unpaired) electrons. The lowest BCUT2D eigenvalue weighted by atomic mass is 9.90. The van der Waals surface area contributed by atoms with Gasteiger partial charge in [-0.25, -0.2) is 19.3 Å². The molecule has 2 aromatic heterocycles. The van der Waals surface area contributed by atoms with Crippen molar-refractivity contribution in [3.63, 3.8) is 0 Å². The Morgan fingerprint density at radius 1 is 0.957 bits per heavy atom. The van der Waals surface area contributed by atoms with Crippen molar-refractivity contribution in [3.05, 3.63) is 48.6 Å². The molecule has 0 amide bonds. The number of likely N-dealkylation sites (N-methyl/N-ethyl adjacent to an activating group) is 1. The minimum Gasteiger partial charge on any atom is -0.381 e. The van der Waals surface area contributed by atoms with Crippen LogP contribution in [-0.2, 0) is 0 Å². The van der Waals surface area contributed by atoms with Gasteiger partial charge in [0.05, 0.1) is 11.4 Å². The molecule has 11 heteroatoms. The molecule has 2 saturated heterocycles. The molecule has 0 spiro atoms. The van der Waals surface area contributed by atoms with Crippen LogP contribution in [0.25, 0.3) is 11.1 Å². The van der Waals surface area contributed by atoms with E-state index in [1.165, 1.54) is 25.6 Å². The molecule has 3 aromatic rings. The highest BCUT2D eigenvalue weighted by Crippen LogP contribution is 2.40. The van der Waals surface area contributed by atoms with E-state index in [2.05, 4.69) is 74.8 Å². The van der Waals surface area contributed by atoms with Gasteiger partial charge in [-0.15, -0.1) is 0 Å². The smallest absolute Gasteiger partial charge is 0.241 e. The van der Waals surface area contributed by atoms with Gasteiger partial charge in [0.25, 0.3) is 0 Å². The molecule has 1 saturated carbocycles. The number of anilines is 5. The largest absolute Gasteiger partial charge is 0.381 e. The summed E-state index contributed by atoms with van der Waals surface area (Å²) in [6.07, 6.45) is 7.78. The van der Waals surface area contributed by atoms with Crippen LogP contribution in [0, 0.1) is 11.8 Å². The highest BCUT2D eigenvalue weighted by Gasteiger charge is 2.35. The van der Waals surface area contributed by atoms with Gasteiger partial charge in [0.1, 0.15) is 23.6 Å². The van der Waals surface area contributed by atoms with Gasteiger partial charge in [-0.3, -0.25) is 9.80 Å². The summed E-state index contributed by atoms with van der Waals surface area (Å²) >= 11 is 0. The second-order valence-corrected chi connectivity index (χ2v) is 13.5. The number of halogens is 2. The first-order chi connectivity index (χ1) is 22.2. The number of nitrogens with zero attached hydrogens (tertiary/aromatic N) is 7. The van der Waals surface area contributed by atoms with E-state index in [-0.39, 0.29) is 11.5 Å². The fourth-order valence-electron chi connectivity index (χ4n) is 7.99. The highest BCUT2D eigenvalue weighted by molar-refractivity contribution is 5.83. The zero-order chi connectivity index (χ0) is 32.5. The van der Waals surface area contributed by atoms with E-state index in [1.807, 2.05) is 18.2 Å². The van der Waals surface area contributed by atoms with Crippen molar-refractivity contribution in [1.82, 2.24) is 24.8 Å². The SMILES string of the molecule is CCN(C1CCC1)[C@@H]1CCN(c2cc(F)c(-c3ccc(N4C[C@@H](C)N(C(C)C)[C@@H](C)C4)nc3)cc2Nc2ncnc(F)c2NC)C1. The summed E-state index contributed by atoms with van der Waals surface area (Å²) < 4.78 is 30.7. The van der Waals surface area contributed by atoms with Crippen LogP contribution in [0.5, 0.6) is 0 Å². The topological polar surface area (TPSA) is 75.7 Å². The molecule has 0 unspecified atom stereocenters. The first kappa shape index (κ1) is 32.4. The van der Waals surface area contributed by atoms with Gasteiger partial charge < -0.3 is 20.4 Å². The van der Waals surface area contributed by atoms with E-state index in [9.17, 15) is 4.39 Å². The normalized spacial score (nSPS) is 22.5. The molecule has 4 heterocycles. The summed E-state index contributed by atoms with van der Waals surface area (Å²) in [5.74, 6) is 0.222. The summed E-state index contributed by atoms with van der Waals surface area (Å²) in [6, 6.07) is 9.71. The van der Waals surface area contributed by atoms with Crippen LogP contribution in [-0.4, -0.2) is 94.7 Å². The highest BCUT2D eigenvalue weighted by atomic mass is 19.1. The molecule has 2 aliphatic heterocycles. The van der Waals surface area contributed by atoms with Gasteiger partial charge in [-0.2, -0.15) is 4.39 Å². The summed E-state index contributed by atoms with van der Waals surface area (Å²) in [4.78, 5) is 22.6. The van der Waals surface area contributed by atoms with E-state index >= 15 is 4.39 Å². The number of rotatable bonds is 10. The van der Waals surface area contributed by atoms with E-state index in [1.54, 1.807) is 19.3 Å². The maximum Gasteiger partial charge on any atom is 0.241 e. The number of pyridine rings is 1. The molecular formula is C35H49F2N9. The predicted octanol–water partition coefficient (Wildman–Crippen LogP) is 6.36. The third kappa shape index (κ3) is 6.36. The minimum absolute atomic E-state index is 0.160. The Morgan fingerprint density at radius 2 is 1.72 bits per heavy atom. The average Bonchev–Trinajstić information content (AvgIpc) is 3.49. The molecule has 46 heavy (non-hydrogen) atoms. The van der Waals surface area contributed by atoms with Gasteiger partial charge in [0, 0.05) is 80.8 Å². The van der Waals surface area contributed by atoms with Crippen LogP contribution < -0.4 is 20.4 Å². The molecule has 9 nitrogen and oxygen atoms in total. The molecule has 3 aliphatic rings. The number of aromatic nitrogens is 3. The van der Waals surface area contributed by atoms with Crippen molar-refractivity contribution < 1.29 is 8.78 Å². The van der Waals surface area contributed by atoms with Crippen LogP contribution in [0.2, 0.25) is 0 Å². The lowest BCUT2D eigenvalue weighted by Gasteiger charge is -2.47. The molecule has 2 N–H and O–H groups in total. The van der Waals surface area contributed by atoms with E-state index in [0.29, 0.717) is 52.8 Å². The first-order valence-corrected chi connectivity index (χ1v) is 17.0. The third-order valence-electron chi connectivity index (χ3n) is 10.2. The third-order valence-corrected chi connectivity index (χ3v) is 10.2. The molecule has 3 fully saturated rings. The number of benzene rings is 1. The van der Waals surface area contributed by atoms with E-state index in [0.717, 1.165) is 50.6 Å². The molecule has 1 aliphatic carbocycles. The van der Waals surface area contributed by atoms with Crippen LogP contribution in [0.4, 0.5) is 37.5 Å². The lowest BCUT2D eigenvalue weighted by Crippen LogP contribution is -2.59. The zero-order valence-corrected chi connectivity index (χ0v) is 28.1. The maximum atomic E-state index is 16.1. The van der Waals surface area contributed by atoms with Crippen molar-refractivity contribution in [2.75, 3.05) is 60.2 Å². The average molecular weight is 634 g/mol. The number of hydrogen-bond acceptors (Lipinski definition) is 9. The Kier molecular flexibility index (Phi) is 9.61. The van der Waals surface area contributed by atoms with Gasteiger partial charge >= 0.3 is 0 Å². The maximum absolute atomic E-state index is 16.1. The van der Waals surface area contributed by atoms with Crippen LogP contribution in [0.15, 0.2) is 36.8 Å². The Hall–Kier alpha value is -3.57. The van der Waals surface area contributed by atoms with Gasteiger partial charge in [-0.1, -0.05) is 13.3 Å². The molecule has 6 rings (SSSR count). The standard InChI is InChI=1S/C35H49F2N9/c1-7-45(26-9-8-10-26)27-13-14-43(20-27)31-16-29(36)28(15-30(31)42-35-33(38-6)34(37)40-21-41-35)25-11-12-32(39-17-25)44-18-23(4)46(22(2)3)24(5)19-44/h11-12,15-17,21-24,26-27,38H,7-10,13-14,18-20H2,1-6H3,(H,40,41,42)/t23-,24+,27-/m1/s1. The van der Waals surface area contributed by atoms with Gasteiger partial charge in [0.15, 0.2) is 5.82 Å². The van der Waals surface area contributed by atoms with Crippen LogP contribution >= 0.6 is 0 Å². The molecule has 0 bridgehead atoms. The Morgan fingerprint density at radius 3 is 2.33 bits per heavy atom. The van der Waals surface area contributed by atoms with Crippen molar-refractivity contribution >= 4 is 28.7 Å². The van der Waals surface area contributed by atoms with Crippen molar-refractivity contribution in [2.24, 2.45) is 0 Å². The fraction of sp³-hybridized carbons (Fsp3) is 0.571. The molecule has 3 atom stereocenters. The summed E-state index contributed by atoms with van der Waals surface area (Å²) in [7, 11) is 1.63. The quantitative estimate of drug-likeness (QED) is 0.248. The Bertz CT molecular complexity index is 1480. The molecule has 248 valence electrons. The number of nitrogens with one attached hydrogen (secondary N) is 2. The second-order valence-electron chi connectivity index (χ2n) is 13.5. The minimum atomic E-state index is -0.651. The van der Waals surface area contributed by atoms with Crippen molar-refractivity contribution in [1.29, 1.82) is 0 Å². The molecule has 1 aromatic carbocycles. The summed E-state index contributed by atoms with van der Waals surface area (Å²) in [5.41, 5.74) is 2.67. The lowest BCUT2D eigenvalue weighted by molar-refractivity contribution is 0.0942. The zero-order valence-electron chi connectivity index (χ0n) is 28.1. The number of hydrogen-bond donors (Lipinski definition) is 2. The van der Waals surface area contributed by atoms with E-state index in [4.69, 9.17) is 4.98 Å². The number of piperazine rings is 1. The monoisotopic (exact) mass is 633 g/mol. The molecular weight excluding hydrogens is 584 g/mol. The van der Waals surface area contributed by atoms with Crippen molar-refractivity contribution in [2.45, 2.75) is 90.5 Å². The Labute approximate surface area is 272 Å². The van der Waals surface area contributed by atoms with Crippen molar-refractivity contribution in [3.8, 4) is 11.1 Å². The second kappa shape index (κ2) is 13.7. The predicted molar refractivity (Wildman–Crippen MR) is 183 cm³/mol. The Balaban J connectivity index is 1.30. The first-order valence-electron chi connectivity index (χ1n) is 17.0. The van der Waals surface area contributed by atoms with E-state index < -0.39 is 5.95 Å². The van der Waals surface area contributed by atoms with Gasteiger partial charge in [0.2, 0.25) is 5.95 Å². The summed E-state index contributed by atoms with van der Waals surface area (Å²) in [6.45, 7) is 15.7. The fourth-order valence-corrected chi connectivity index (χ4v) is 7.99. The van der Waals surface area contributed by atoms with Crippen LogP contribution in [0.1, 0.15) is 60.3 Å². The van der Waals surface area contributed by atoms with Gasteiger partial charge in [-0.05, 0) is 77.8 Å².